The summed E-state index contributed by atoms with van der Waals surface area (Å²) in [7, 11) is 0. The van der Waals surface area contributed by atoms with E-state index < -0.39 is 0 Å². The van der Waals surface area contributed by atoms with Gasteiger partial charge >= 0.3 is 0 Å². The molecule has 0 saturated heterocycles. The molecule has 2 heterocycles. The minimum Gasteiger partial charge on any atom is -0.337 e. The number of aromatic amines is 1. The van der Waals surface area contributed by atoms with Crippen molar-refractivity contribution in [3.05, 3.63) is 46.7 Å². The summed E-state index contributed by atoms with van der Waals surface area (Å²) in [6.45, 7) is 0. The summed E-state index contributed by atoms with van der Waals surface area (Å²) in [4.78, 5) is 4.63. The molecule has 4 rings (SSSR count). The van der Waals surface area contributed by atoms with Crippen LogP contribution in [0.3, 0.4) is 0 Å². The number of nitrogens with one attached hydrogen (secondary N) is 2. The average molecular weight is 298 g/mol. The second kappa shape index (κ2) is 4.54. The van der Waals surface area contributed by atoms with Gasteiger partial charge < -0.3 is 5.32 Å². The number of nitriles is 1. The van der Waals surface area contributed by atoms with Gasteiger partial charge in [0.25, 0.3) is 0 Å². The Morgan fingerprint density at radius 3 is 2.90 bits per heavy atom. The van der Waals surface area contributed by atoms with Crippen molar-refractivity contribution >= 4 is 28.8 Å². The number of fused-ring (bicyclic) bond motifs is 1. The summed E-state index contributed by atoms with van der Waals surface area (Å²) >= 11 is 6.22. The zero-order valence-electron chi connectivity index (χ0n) is 11.1. The van der Waals surface area contributed by atoms with Crippen LogP contribution in [0, 0.1) is 11.3 Å². The van der Waals surface area contributed by atoms with E-state index >= 15 is 0 Å². The number of imidazole rings is 1. The zero-order valence-corrected chi connectivity index (χ0v) is 11.9. The smallest absolute Gasteiger partial charge is 0.173 e. The van der Waals surface area contributed by atoms with Gasteiger partial charge in [-0.25, -0.2) is 9.50 Å². The lowest BCUT2D eigenvalue weighted by molar-refractivity contribution is 0.969. The maximum absolute atomic E-state index is 9.15. The monoisotopic (exact) mass is 297 g/mol. The number of nitrogens with zero attached hydrogens (tertiary/aromatic N) is 3. The molecule has 0 bridgehead atoms. The average Bonchev–Trinajstić information content (AvgIpc) is 3.16. The number of H-pyrrole nitrogens is 1. The third kappa shape index (κ3) is 1.96. The first-order chi connectivity index (χ1) is 10.3. The summed E-state index contributed by atoms with van der Waals surface area (Å²) in [5, 5.41) is 16.2. The predicted octanol–water partition coefficient (Wildman–Crippen LogP) is 3.81. The van der Waals surface area contributed by atoms with E-state index in [1.54, 1.807) is 6.20 Å². The molecule has 2 N–H and O–H groups in total. The maximum atomic E-state index is 9.15. The Kier molecular flexibility index (Phi) is 2.66. The minimum atomic E-state index is 0.467. The Balaban J connectivity index is 1.86. The van der Waals surface area contributed by atoms with Crippen molar-refractivity contribution in [1.82, 2.24) is 14.6 Å². The third-order valence-corrected chi connectivity index (χ3v) is 4.02. The third-order valence-electron chi connectivity index (χ3n) is 3.69. The fourth-order valence-corrected chi connectivity index (χ4v) is 2.65. The number of rotatable bonds is 3. The lowest BCUT2D eigenvalue weighted by atomic mass is 10.2. The van der Waals surface area contributed by atoms with E-state index in [2.05, 4.69) is 21.5 Å². The van der Waals surface area contributed by atoms with Crippen molar-refractivity contribution in [2.24, 2.45) is 0 Å². The Morgan fingerprint density at radius 1 is 1.38 bits per heavy atom. The number of anilines is 2. The fraction of sp³-hybridized carbons (Fsp3) is 0.200. The summed E-state index contributed by atoms with van der Waals surface area (Å²) < 4.78 is 1.82. The standard InChI is InChI=1S/C15H12ClN5/c16-11-3-1-2-4-12(11)19-15-13(9-5-6-9)20-14-10(7-17)8-18-21(14)15/h1-4,8-9,18-19H,5-6H2. The van der Waals surface area contributed by atoms with Gasteiger partial charge in [-0.15, -0.1) is 0 Å². The fourth-order valence-electron chi connectivity index (χ4n) is 2.47. The first-order valence-corrected chi connectivity index (χ1v) is 7.17. The van der Waals surface area contributed by atoms with Gasteiger partial charge in [-0.1, -0.05) is 23.7 Å². The van der Waals surface area contributed by atoms with E-state index in [1.165, 1.54) is 0 Å². The molecular weight excluding hydrogens is 286 g/mol. The second-order valence-corrected chi connectivity index (χ2v) is 5.59. The van der Waals surface area contributed by atoms with E-state index in [4.69, 9.17) is 16.9 Å². The molecule has 0 radical (unpaired) electrons. The van der Waals surface area contributed by atoms with Gasteiger partial charge in [0.1, 0.15) is 11.6 Å². The van der Waals surface area contributed by atoms with Crippen LogP contribution < -0.4 is 5.32 Å². The van der Waals surface area contributed by atoms with Crippen molar-refractivity contribution in [3.8, 4) is 6.07 Å². The second-order valence-electron chi connectivity index (χ2n) is 5.18. The van der Waals surface area contributed by atoms with Crippen LogP contribution in [-0.4, -0.2) is 14.6 Å². The lowest BCUT2D eigenvalue weighted by Gasteiger charge is -2.08. The zero-order chi connectivity index (χ0) is 14.4. The topological polar surface area (TPSA) is 68.9 Å². The quantitative estimate of drug-likeness (QED) is 0.772. The molecule has 5 nitrogen and oxygen atoms in total. The van der Waals surface area contributed by atoms with E-state index in [-0.39, 0.29) is 0 Å². The Morgan fingerprint density at radius 2 is 2.19 bits per heavy atom. The van der Waals surface area contributed by atoms with Crippen LogP contribution >= 0.6 is 11.6 Å². The number of aromatic nitrogens is 3. The van der Waals surface area contributed by atoms with E-state index in [9.17, 15) is 0 Å². The molecule has 0 atom stereocenters. The van der Waals surface area contributed by atoms with Crippen LogP contribution in [0.5, 0.6) is 0 Å². The number of hydrogen-bond acceptors (Lipinski definition) is 3. The van der Waals surface area contributed by atoms with Crippen molar-refractivity contribution < 1.29 is 0 Å². The van der Waals surface area contributed by atoms with E-state index in [1.807, 2.05) is 28.8 Å². The highest BCUT2D eigenvalue weighted by molar-refractivity contribution is 6.33. The molecule has 1 fully saturated rings. The van der Waals surface area contributed by atoms with Crippen LogP contribution in [0.2, 0.25) is 5.02 Å². The molecule has 21 heavy (non-hydrogen) atoms. The Labute approximate surface area is 126 Å². The van der Waals surface area contributed by atoms with Crippen molar-refractivity contribution in [2.75, 3.05) is 5.32 Å². The molecule has 0 spiro atoms. The van der Waals surface area contributed by atoms with Gasteiger partial charge in [-0.2, -0.15) is 5.26 Å². The van der Waals surface area contributed by atoms with Gasteiger partial charge in [0.15, 0.2) is 11.5 Å². The van der Waals surface area contributed by atoms with Gasteiger partial charge in [0, 0.05) is 12.1 Å². The van der Waals surface area contributed by atoms with Crippen molar-refractivity contribution in [3.63, 3.8) is 0 Å². The summed E-state index contributed by atoms with van der Waals surface area (Å²) in [5.41, 5.74) is 3.03. The first-order valence-electron chi connectivity index (χ1n) is 6.79. The molecule has 0 unspecified atom stereocenters. The number of benzene rings is 1. The molecule has 1 aliphatic carbocycles. The number of hydrogen-bond donors (Lipinski definition) is 2. The molecule has 1 saturated carbocycles. The molecular formula is C15H12ClN5. The Hall–Kier alpha value is -2.45. The normalized spacial score (nSPS) is 14.3. The highest BCUT2D eigenvalue weighted by Gasteiger charge is 2.31. The SMILES string of the molecule is N#Cc1c[nH]n2c(Nc3ccccc3Cl)c(C3CC3)nc12. The number of para-hydroxylation sites is 1. The van der Waals surface area contributed by atoms with Gasteiger partial charge in [0.05, 0.1) is 16.4 Å². The van der Waals surface area contributed by atoms with Crippen LogP contribution in [-0.2, 0) is 0 Å². The molecule has 0 amide bonds. The van der Waals surface area contributed by atoms with Crippen LogP contribution in [0.15, 0.2) is 30.5 Å². The lowest BCUT2D eigenvalue weighted by Crippen LogP contribution is -1.99. The van der Waals surface area contributed by atoms with E-state index in [0.717, 1.165) is 30.0 Å². The van der Waals surface area contributed by atoms with Gasteiger partial charge in [-0.3, -0.25) is 5.10 Å². The molecule has 1 aliphatic rings. The van der Waals surface area contributed by atoms with Gasteiger partial charge in [0.2, 0.25) is 0 Å². The molecule has 1 aromatic carbocycles. The minimum absolute atomic E-state index is 0.467. The highest BCUT2D eigenvalue weighted by Crippen LogP contribution is 2.44. The molecule has 104 valence electrons. The van der Waals surface area contributed by atoms with Crippen molar-refractivity contribution in [1.29, 1.82) is 5.26 Å². The van der Waals surface area contributed by atoms with Crippen LogP contribution in [0.4, 0.5) is 11.5 Å². The summed E-state index contributed by atoms with van der Waals surface area (Å²) in [6, 6.07) is 9.74. The summed E-state index contributed by atoms with van der Waals surface area (Å²) in [5.74, 6) is 1.33. The summed E-state index contributed by atoms with van der Waals surface area (Å²) in [6.07, 6.45) is 3.94. The van der Waals surface area contributed by atoms with E-state index in [0.29, 0.717) is 22.2 Å². The largest absolute Gasteiger partial charge is 0.337 e. The molecule has 6 heteroatoms. The highest BCUT2D eigenvalue weighted by atomic mass is 35.5. The maximum Gasteiger partial charge on any atom is 0.173 e. The molecule has 2 aromatic heterocycles. The first kappa shape index (κ1) is 12.3. The van der Waals surface area contributed by atoms with Crippen molar-refractivity contribution in [2.45, 2.75) is 18.8 Å². The predicted molar refractivity (Wildman–Crippen MR) is 81.0 cm³/mol. The van der Waals surface area contributed by atoms with Crippen LogP contribution in [0.25, 0.3) is 5.65 Å². The number of halogens is 1. The molecule has 0 aliphatic heterocycles. The molecule has 3 aromatic rings. The van der Waals surface area contributed by atoms with Gasteiger partial charge in [-0.05, 0) is 25.0 Å². The Bertz CT molecular complexity index is 866. The van der Waals surface area contributed by atoms with Crippen LogP contribution in [0.1, 0.15) is 30.0 Å².